The molecule has 106 valence electrons. The Morgan fingerprint density at radius 3 is 2.79 bits per heavy atom. The highest BCUT2D eigenvalue weighted by atomic mass is 35.5. The van der Waals surface area contributed by atoms with Crippen LogP contribution in [-0.4, -0.2) is 35.7 Å². The maximum Gasteiger partial charge on any atom is 0.0695 e. The molecule has 1 fully saturated rings. The zero-order chi connectivity index (χ0) is 13.8. The van der Waals surface area contributed by atoms with Gasteiger partial charge in [0.2, 0.25) is 0 Å². The van der Waals surface area contributed by atoms with Crippen LogP contribution in [0.3, 0.4) is 0 Å². The summed E-state index contributed by atoms with van der Waals surface area (Å²) in [6.45, 7) is 0.528. The van der Waals surface area contributed by atoms with Crippen molar-refractivity contribution in [2.45, 2.75) is 43.9 Å². The zero-order valence-corrected chi connectivity index (χ0v) is 12.2. The van der Waals surface area contributed by atoms with Gasteiger partial charge in [-0.15, -0.1) is 0 Å². The molecular formula is C15H23ClN2O. The normalized spacial score (nSPS) is 25.5. The average molecular weight is 283 g/mol. The monoisotopic (exact) mass is 282 g/mol. The Kier molecular flexibility index (Phi) is 5.22. The highest BCUT2D eigenvalue weighted by molar-refractivity contribution is 6.30. The van der Waals surface area contributed by atoms with E-state index >= 15 is 0 Å². The number of rotatable bonds is 4. The molecule has 0 saturated heterocycles. The van der Waals surface area contributed by atoms with Crippen LogP contribution in [0.1, 0.15) is 37.3 Å². The number of nitrogens with two attached hydrogens (primary N) is 1. The van der Waals surface area contributed by atoms with E-state index in [4.69, 9.17) is 17.3 Å². The predicted molar refractivity (Wildman–Crippen MR) is 79.3 cm³/mol. The van der Waals surface area contributed by atoms with E-state index in [1.165, 1.54) is 6.42 Å². The lowest BCUT2D eigenvalue weighted by Gasteiger charge is -2.39. The summed E-state index contributed by atoms with van der Waals surface area (Å²) in [5.41, 5.74) is 7.06. The van der Waals surface area contributed by atoms with E-state index < -0.39 is 0 Å². The van der Waals surface area contributed by atoms with E-state index in [1.54, 1.807) is 0 Å². The first-order chi connectivity index (χ1) is 9.13. The number of hydrogen-bond acceptors (Lipinski definition) is 3. The van der Waals surface area contributed by atoms with Gasteiger partial charge in [-0.05, 0) is 37.6 Å². The summed E-state index contributed by atoms with van der Waals surface area (Å²) < 4.78 is 0. The molecule has 1 saturated carbocycles. The number of nitrogens with zero attached hydrogens (tertiary/aromatic N) is 1. The fourth-order valence-corrected chi connectivity index (χ4v) is 3.25. The van der Waals surface area contributed by atoms with Crippen LogP contribution < -0.4 is 5.73 Å². The van der Waals surface area contributed by atoms with Crippen molar-refractivity contribution in [2.75, 3.05) is 13.6 Å². The van der Waals surface area contributed by atoms with E-state index in [2.05, 4.69) is 18.0 Å². The first-order valence-electron chi connectivity index (χ1n) is 6.99. The van der Waals surface area contributed by atoms with Crippen molar-refractivity contribution >= 4 is 11.6 Å². The number of aliphatic hydroxyl groups is 1. The van der Waals surface area contributed by atoms with Crippen LogP contribution in [0.4, 0.5) is 0 Å². The van der Waals surface area contributed by atoms with Crippen LogP contribution in [0.15, 0.2) is 24.3 Å². The van der Waals surface area contributed by atoms with Crippen LogP contribution in [-0.2, 0) is 0 Å². The van der Waals surface area contributed by atoms with Gasteiger partial charge < -0.3 is 10.8 Å². The third-order valence-corrected chi connectivity index (χ3v) is 4.40. The molecule has 19 heavy (non-hydrogen) atoms. The smallest absolute Gasteiger partial charge is 0.0695 e. The summed E-state index contributed by atoms with van der Waals surface area (Å²) >= 11 is 6.06. The minimum absolute atomic E-state index is 0.108. The summed E-state index contributed by atoms with van der Waals surface area (Å²) in [5, 5.41) is 10.9. The van der Waals surface area contributed by atoms with Gasteiger partial charge in [-0.1, -0.05) is 36.6 Å². The SMILES string of the molecule is CN(C(CN)c1cccc(Cl)c1)C1CCCCC1O. The molecule has 3 unspecified atom stereocenters. The largest absolute Gasteiger partial charge is 0.391 e. The van der Waals surface area contributed by atoms with Crippen LogP contribution in [0, 0.1) is 0 Å². The van der Waals surface area contributed by atoms with E-state index in [-0.39, 0.29) is 18.2 Å². The predicted octanol–water partition coefficient (Wildman–Crippen LogP) is 2.58. The van der Waals surface area contributed by atoms with Crippen molar-refractivity contribution in [3.63, 3.8) is 0 Å². The van der Waals surface area contributed by atoms with Crippen molar-refractivity contribution in [1.82, 2.24) is 4.90 Å². The zero-order valence-electron chi connectivity index (χ0n) is 11.4. The maximum absolute atomic E-state index is 10.2. The molecule has 0 aromatic heterocycles. The Balaban J connectivity index is 2.16. The lowest BCUT2D eigenvalue weighted by molar-refractivity contribution is 0.0137. The van der Waals surface area contributed by atoms with E-state index in [9.17, 15) is 5.11 Å². The molecule has 4 heteroatoms. The average Bonchev–Trinajstić information content (AvgIpc) is 2.40. The molecule has 0 radical (unpaired) electrons. The molecule has 0 spiro atoms. The second-order valence-electron chi connectivity index (χ2n) is 5.39. The molecule has 0 aliphatic heterocycles. The summed E-state index contributed by atoms with van der Waals surface area (Å²) in [5.74, 6) is 0. The molecule has 1 aromatic rings. The van der Waals surface area contributed by atoms with Gasteiger partial charge in [0.05, 0.1) is 6.10 Å². The van der Waals surface area contributed by atoms with Crippen molar-refractivity contribution in [1.29, 1.82) is 0 Å². The van der Waals surface area contributed by atoms with E-state index in [0.29, 0.717) is 6.54 Å². The third-order valence-electron chi connectivity index (χ3n) is 4.17. The molecular weight excluding hydrogens is 260 g/mol. The molecule has 0 amide bonds. The molecule has 1 aliphatic rings. The fraction of sp³-hybridized carbons (Fsp3) is 0.600. The third kappa shape index (κ3) is 3.48. The number of halogens is 1. The van der Waals surface area contributed by atoms with Gasteiger partial charge in [0.1, 0.15) is 0 Å². The Bertz CT molecular complexity index is 413. The molecule has 1 aliphatic carbocycles. The molecule has 0 heterocycles. The standard InChI is InChI=1S/C15H23ClN2O/c1-18(13-7-2-3-8-15(13)19)14(10-17)11-5-4-6-12(16)9-11/h4-6,9,13-15,19H,2-3,7-8,10,17H2,1H3. The topological polar surface area (TPSA) is 49.5 Å². The van der Waals surface area contributed by atoms with Crippen molar-refractivity contribution in [2.24, 2.45) is 5.73 Å². The minimum atomic E-state index is -0.244. The number of aliphatic hydroxyl groups excluding tert-OH is 1. The lowest BCUT2D eigenvalue weighted by Crippen LogP contribution is -2.46. The molecule has 1 aromatic carbocycles. The fourth-order valence-electron chi connectivity index (χ4n) is 3.05. The van der Waals surface area contributed by atoms with Crippen molar-refractivity contribution < 1.29 is 5.11 Å². The summed E-state index contributed by atoms with van der Waals surface area (Å²) in [4.78, 5) is 2.22. The summed E-state index contributed by atoms with van der Waals surface area (Å²) in [6.07, 6.45) is 3.98. The van der Waals surface area contributed by atoms with Crippen LogP contribution in [0.25, 0.3) is 0 Å². The number of benzene rings is 1. The number of likely N-dealkylation sites (N-methyl/N-ethyl adjacent to an activating group) is 1. The van der Waals surface area contributed by atoms with Gasteiger partial charge in [0.25, 0.3) is 0 Å². The Morgan fingerprint density at radius 1 is 1.42 bits per heavy atom. The highest BCUT2D eigenvalue weighted by Crippen LogP contribution is 2.29. The number of hydrogen-bond donors (Lipinski definition) is 2. The van der Waals surface area contributed by atoms with Gasteiger partial charge in [0.15, 0.2) is 0 Å². The van der Waals surface area contributed by atoms with Crippen molar-refractivity contribution in [3.8, 4) is 0 Å². The first kappa shape index (κ1) is 14.8. The van der Waals surface area contributed by atoms with Gasteiger partial charge >= 0.3 is 0 Å². The second-order valence-corrected chi connectivity index (χ2v) is 5.83. The lowest BCUT2D eigenvalue weighted by atomic mass is 9.90. The van der Waals surface area contributed by atoms with Crippen LogP contribution in [0.5, 0.6) is 0 Å². The molecule has 3 atom stereocenters. The van der Waals surface area contributed by atoms with Crippen LogP contribution >= 0.6 is 11.6 Å². The van der Waals surface area contributed by atoms with E-state index in [1.807, 2.05) is 18.2 Å². The summed E-state index contributed by atoms with van der Waals surface area (Å²) in [7, 11) is 2.05. The Labute approximate surface area is 120 Å². The maximum atomic E-state index is 10.2. The van der Waals surface area contributed by atoms with E-state index in [0.717, 1.165) is 29.8 Å². The minimum Gasteiger partial charge on any atom is -0.391 e. The van der Waals surface area contributed by atoms with Gasteiger partial charge in [-0.3, -0.25) is 4.90 Å². The molecule has 3 N–H and O–H groups in total. The Hall–Kier alpha value is -0.610. The molecule has 2 rings (SSSR count). The van der Waals surface area contributed by atoms with Crippen molar-refractivity contribution in [3.05, 3.63) is 34.9 Å². The van der Waals surface area contributed by atoms with Gasteiger partial charge in [-0.25, -0.2) is 0 Å². The second kappa shape index (κ2) is 6.71. The quantitative estimate of drug-likeness (QED) is 0.892. The molecule has 3 nitrogen and oxygen atoms in total. The van der Waals surface area contributed by atoms with Gasteiger partial charge in [-0.2, -0.15) is 0 Å². The Morgan fingerprint density at radius 2 is 2.16 bits per heavy atom. The van der Waals surface area contributed by atoms with Crippen LogP contribution in [0.2, 0.25) is 5.02 Å². The molecule has 0 bridgehead atoms. The highest BCUT2D eigenvalue weighted by Gasteiger charge is 2.30. The summed E-state index contributed by atoms with van der Waals surface area (Å²) in [6, 6.07) is 8.14. The first-order valence-corrected chi connectivity index (χ1v) is 7.37. The van der Waals surface area contributed by atoms with Gasteiger partial charge in [0, 0.05) is 23.7 Å².